The number of hydrogen-bond acceptors (Lipinski definition) is 2. The molecule has 0 amide bonds. The average Bonchev–Trinajstić information content (AvgIpc) is 3.09. The summed E-state index contributed by atoms with van der Waals surface area (Å²) in [5.74, 6) is 1.05. The summed E-state index contributed by atoms with van der Waals surface area (Å²) in [6.45, 7) is 4.28. The van der Waals surface area contributed by atoms with Crippen molar-refractivity contribution in [3.63, 3.8) is 0 Å². The van der Waals surface area contributed by atoms with Crippen molar-refractivity contribution >= 4 is 27.0 Å². The van der Waals surface area contributed by atoms with Gasteiger partial charge in [-0.2, -0.15) is 0 Å². The molecule has 1 unspecified atom stereocenters. The molecule has 1 saturated carbocycles. The molecule has 0 spiro atoms. The fourth-order valence-corrected chi connectivity index (χ4v) is 3.16. The van der Waals surface area contributed by atoms with Crippen LogP contribution in [-0.2, 0) is 5.54 Å². The number of hydrogen-bond donors (Lipinski definition) is 1. The second kappa shape index (κ2) is 4.60. The van der Waals surface area contributed by atoms with Gasteiger partial charge in [-0.25, -0.2) is 4.98 Å². The van der Waals surface area contributed by atoms with Crippen LogP contribution in [0.5, 0.6) is 0 Å². The van der Waals surface area contributed by atoms with Crippen LogP contribution in [0.1, 0.15) is 51.4 Å². The maximum Gasteiger partial charge on any atom is 0.130 e. The van der Waals surface area contributed by atoms with Gasteiger partial charge in [0.1, 0.15) is 5.82 Å². The van der Waals surface area contributed by atoms with Crippen LogP contribution in [0.25, 0.3) is 11.0 Å². The topological polar surface area (TPSA) is 43.8 Å². The van der Waals surface area contributed by atoms with Crippen molar-refractivity contribution in [2.75, 3.05) is 0 Å². The van der Waals surface area contributed by atoms with E-state index in [1.807, 2.05) is 0 Å². The van der Waals surface area contributed by atoms with Gasteiger partial charge >= 0.3 is 0 Å². The van der Waals surface area contributed by atoms with Crippen molar-refractivity contribution in [1.82, 2.24) is 9.55 Å². The first-order chi connectivity index (χ1) is 9.03. The molecule has 4 heteroatoms. The maximum atomic E-state index is 6.52. The summed E-state index contributed by atoms with van der Waals surface area (Å²) in [6, 6.07) is 6.91. The van der Waals surface area contributed by atoms with Gasteiger partial charge in [0.25, 0.3) is 0 Å². The summed E-state index contributed by atoms with van der Waals surface area (Å²) in [7, 11) is 0. The Labute approximate surface area is 122 Å². The normalized spacial score (nSPS) is 18.7. The number of rotatable bonds is 4. The van der Waals surface area contributed by atoms with E-state index in [0.717, 1.165) is 28.7 Å². The molecule has 1 aliphatic carbocycles. The second-order valence-corrected chi connectivity index (χ2v) is 6.75. The van der Waals surface area contributed by atoms with Gasteiger partial charge < -0.3 is 10.3 Å². The van der Waals surface area contributed by atoms with Crippen molar-refractivity contribution in [3.8, 4) is 0 Å². The average molecular weight is 322 g/mol. The Morgan fingerprint density at radius 1 is 1.47 bits per heavy atom. The van der Waals surface area contributed by atoms with Crippen LogP contribution >= 0.6 is 15.9 Å². The highest BCUT2D eigenvalue weighted by Gasteiger charge is 2.34. The monoisotopic (exact) mass is 321 g/mol. The molecule has 0 aliphatic heterocycles. The van der Waals surface area contributed by atoms with Gasteiger partial charge in [-0.1, -0.05) is 29.3 Å². The van der Waals surface area contributed by atoms with Gasteiger partial charge in [0.05, 0.1) is 16.6 Å². The summed E-state index contributed by atoms with van der Waals surface area (Å²) in [5, 5.41) is 0. The molecular formula is C15H20BrN3. The number of nitrogens with zero attached hydrogens (tertiary/aromatic N) is 2. The van der Waals surface area contributed by atoms with Crippen LogP contribution in [0.3, 0.4) is 0 Å². The summed E-state index contributed by atoms with van der Waals surface area (Å²) >= 11 is 3.52. The molecule has 1 aromatic heterocycles. The fraction of sp³-hybridized carbons (Fsp3) is 0.533. The van der Waals surface area contributed by atoms with E-state index in [-0.39, 0.29) is 5.54 Å². The zero-order chi connectivity index (χ0) is 13.6. The van der Waals surface area contributed by atoms with E-state index in [2.05, 4.69) is 52.5 Å². The molecular weight excluding hydrogens is 302 g/mol. The van der Waals surface area contributed by atoms with Crippen LogP contribution in [0.4, 0.5) is 0 Å². The van der Waals surface area contributed by atoms with E-state index < -0.39 is 0 Å². The van der Waals surface area contributed by atoms with E-state index in [0.29, 0.717) is 6.04 Å². The van der Waals surface area contributed by atoms with Crippen LogP contribution in [0.15, 0.2) is 22.7 Å². The molecule has 0 bridgehead atoms. The Kier molecular flexibility index (Phi) is 3.18. The first-order valence-electron chi connectivity index (χ1n) is 7.00. The first-order valence-corrected chi connectivity index (χ1v) is 7.79. The van der Waals surface area contributed by atoms with E-state index in [9.17, 15) is 0 Å². The van der Waals surface area contributed by atoms with E-state index in [1.165, 1.54) is 18.4 Å². The molecule has 0 radical (unpaired) electrons. The van der Waals surface area contributed by atoms with Crippen LogP contribution in [0.2, 0.25) is 0 Å². The SMILES string of the molecule is CCCC(C)(N)c1nc2cc(Br)ccc2n1C1CC1. The molecule has 2 N–H and O–H groups in total. The first kappa shape index (κ1) is 13.1. The molecule has 1 aliphatic rings. The molecule has 19 heavy (non-hydrogen) atoms. The summed E-state index contributed by atoms with van der Waals surface area (Å²) in [5.41, 5.74) is 8.44. The van der Waals surface area contributed by atoms with Gasteiger partial charge in [0, 0.05) is 10.5 Å². The molecule has 1 atom stereocenters. The third-order valence-electron chi connectivity index (χ3n) is 3.84. The smallest absolute Gasteiger partial charge is 0.130 e. The Morgan fingerprint density at radius 2 is 2.21 bits per heavy atom. The molecule has 2 aromatic rings. The number of halogens is 1. The van der Waals surface area contributed by atoms with Crippen LogP contribution in [0, 0.1) is 0 Å². The maximum absolute atomic E-state index is 6.52. The van der Waals surface area contributed by atoms with Gasteiger partial charge in [-0.15, -0.1) is 0 Å². The molecule has 1 aromatic carbocycles. The lowest BCUT2D eigenvalue weighted by Crippen LogP contribution is -2.36. The number of nitrogens with two attached hydrogens (primary N) is 1. The lowest BCUT2D eigenvalue weighted by molar-refractivity contribution is 0.402. The third-order valence-corrected chi connectivity index (χ3v) is 4.34. The van der Waals surface area contributed by atoms with Gasteiger partial charge in [-0.3, -0.25) is 0 Å². The van der Waals surface area contributed by atoms with Gasteiger partial charge in [0.15, 0.2) is 0 Å². The number of fused-ring (bicyclic) bond motifs is 1. The quantitative estimate of drug-likeness (QED) is 0.921. The molecule has 3 nitrogen and oxygen atoms in total. The molecule has 1 fully saturated rings. The van der Waals surface area contributed by atoms with Crippen LogP contribution in [-0.4, -0.2) is 9.55 Å². The minimum absolute atomic E-state index is 0.344. The lowest BCUT2D eigenvalue weighted by atomic mass is 9.96. The number of aromatic nitrogens is 2. The third kappa shape index (κ3) is 2.32. The van der Waals surface area contributed by atoms with Gasteiger partial charge in [0.2, 0.25) is 0 Å². The largest absolute Gasteiger partial charge is 0.323 e. The van der Waals surface area contributed by atoms with E-state index >= 15 is 0 Å². The fourth-order valence-electron chi connectivity index (χ4n) is 2.81. The molecule has 0 saturated heterocycles. The highest BCUT2D eigenvalue weighted by Crippen LogP contribution is 2.41. The predicted molar refractivity (Wildman–Crippen MR) is 82.2 cm³/mol. The Hall–Kier alpha value is -0.870. The minimum atomic E-state index is -0.344. The lowest BCUT2D eigenvalue weighted by Gasteiger charge is -2.24. The zero-order valence-corrected chi connectivity index (χ0v) is 13.1. The van der Waals surface area contributed by atoms with E-state index in [4.69, 9.17) is 10.7 Å². The molecule has 3 rings (SSSR count). The molecule has 102 valence electrons. The van der Waals surface area contributed by atoms with Gasteiger partial charge in [-0.05, 0) is 44.4 Å². The highest BCUT2D eigenvalue weighted by molar-refractivity contribution is 9.10. The van der Waals surface area contributed by atoms with Crippen molar-refractivity contribution < 1.29 is 0 Å². The molecule has 1 heterocycles. The predicted octanol–water partition coefficient (Wildman–Crippen LogP) is 4.11. The number of imidazole rings is 1. The van der Waals surface area contributed by atoms with Crippen molar-refractivity contribution in [2.45, 2.75) is 51.1 Å². The van der Waals surface area contributed by atoms with Crippen molar-refractivity contribution in [3.05, 3.63) is 28.5 Å². The Morgan fingerprint density at radius 3 is 2.84 bits per heavy atom. The Balaban J connectivity index is 2.20. The highest BCUT2D eigenvalue weighted by atomic mass is 79.9. The van der Waals surface area contributed by atoms with Crippen molar-refractivity contribution in [1.29, 1.82) is 0 Å². The van der Waals surface area contributed by atoms with E-state index in [1.54, 1.807) is 0 Å². The summed E-state index contributed by atoms with van der Waals surface area (Å²) in [6.07, 6.45) is 4.53. The number of benzene rings is 1. The summed E-state index contributed by atoms with van der Waals surface area (Å²) < 4.78 is 3.44. The standard InChI is InChI=1S/C15H20BrN3/c1-3-8-15(2,17)14-18-12-9-10(16)4-7-13(12)19(14)11-5-6-11/h4,7,9,11H,3,5-6,8,17H2,1-2H3. The summed E-state index contributed by atoms with van der Waals surface area (Å²) in [4.78, 5) is 4.83. The second-order valence-electron chi connectivity index (χ2n) is 5.84. The Bertz CT molecular complexity index is 611. The minimum Gasteiger partial charge on any atom is -0.323 e. The van der Waals surface area contributed by atoms with Crippen molar-refractivity contribution in [2.24, 2.45) is 5.73 Å². The zero-order valence-electron chi connectivity index (χ0n) is 11.5. The van der Waals surface area contributed by atoms with Crippen LogP contribution < -0.4 is 5.73 Å².